The van der Waals surface area contributed by atoms with Crippen molar-refractivity contribution in [2.24, 2.45) is 5.92 Å². The third kappa shape index (κ3) is 3.29. The average molecular weight is 485 g/mol. The summed E-state index contributed by atoms with van der Waals surface area (Å²) in [6.45, 7) is 0. The molecule has 0 bridgehead atoms. The van der Waals surface area contributed by atoms with Gasteiger partial charge in [-0.25, -0.2) is 4.90 Å². The predicted molar refractivity (Wildman–Crippen MR) is 120 cm³/mol. The molecular formula is C21H15N3O7S2. The third-order valence-corrected chi connectivity index (χ3v) is 8.11. The molecule has 0 aliphatic carbocycles. The number of nitrogens with one attached hydrogen (secondary N) is 1. The maximum Gasteiger partial charge on any atom is 0.305 e. The van der Waals surface area contributed by atoms with Crippen LogP contribution in [0.3, 0.4) is 0 Å². The Hall–Kier alpha value is -3.64. The number of non-ortho nitro benzene ring substituents is 1. The van der Waals surface area contributed by atoms with Crippen LogP contribution in [-0.4, -0.2) is 39.2 Å². The van der Waals surface area contributed by atoms with Crippen LogP contribution in [0, 0.1) is 16.0 Å². The number of carbonyl (C=O) groups excluding carboxylic acids is 2. The number of imide groups is 1. The van der Waals surface area contributed by atoms with Gasteiger partial charge in [-0.1, -0.05) is 29.2 Å². The molecular weight excluding hydrogens is 470 g/mol. The largest absolute Gasteiger partial charge is 0.504 e. The van der Waals surface area contributed by atoms with Gasteiger partial charge in [-0.2, -0.15) is 0 Å². The number of nitro benzene ring substituents is 1. The molecule has 5 rings (SSSR count). The van der Waals surface area contributed by atoms with Crippen LogP contribution in [0.1, 0.15) is 16.4 Å². The maximum absolute atomic E-state index is 13.6. The van der Waals surface area contributed by atoms with Gasteiger partial charge >= 0.3 is 4.87 Å². The van der Waals surface area contributed by atoms with Gasteiger partial charge in [0, 0.05) is 22.9 Å². The van der Waals surface area contributed by atoms with E-state index in [4.69, 9.17) is 4.74 Å². The van der Waals surface area contributed by atoms with Crippen LogP contribution in [-0.2, 0) is 9.59 Å². The van der Waals surface area contributed by atoms with Crippen molar-refractivity contribution in [2.45, 2.75) is 16.2 Å². The zero-order chi connectivity index (χ0) is 23.4. The topological polar surface area (TPSA) is 143 Å². The van der Waals surface area contributed by atoms with E-state index >= 15 is 0 Å². The number of H-pyrrole nitrogens is 1. The van der Waals surface area contributed by atoms with E-state index < -0.39 is 33.8 Å². The number of thiazole rings is 1. The fraction of sp³-hybridized carbons (Fsp3) is 0.190. The van der Waals surface area contributed by atoms with Crippen LogP contribution in [0.5, 0.6) is 11.5 Å². The third-order valence-electron chi connectivity index (χ3n) is 5.71. The zero-order valence-corrected chi connectivity index (χ0v) is 18.5. The van der Waals surface area contributed by atoms with E-state index in [9.17, 15) is 29.6 Å². The number of anilines is 1. The van der Waals surface area contributed by atoms with Gasteiger partial charge in [0.05, 0.1) is 28.7 Å². The minimum atomic E-state index is -0.814. The smallest absolute Gasteiger partial charge is 0.305 e. The lowest BCUT2D eigenvalue weighted by molar-refractivity contribution is -0.384. The number of ether oxygens (including phenoxy) is 1. The summed E-state index contributed by atoms with van der Waals surface area (Å²) in [5.41, 5.74) is 0.700. The van der Waals surface area contributed by atoms with E-state index in [1.54, 1.807) is 12.1 Å². The molecule has 2 unspecified atom stereocenters. The zero-order valence-electron chi connectivity index (χ0n) is 16.9. The van der Waals surface area contributed by atoms with Crippen LogP contribution in [0.4, 0.5) is 11.4 Å². The molecule has 3 aromatic rings. The Morgan fingerprint density at radius 3 is 2.52 bits per heavy atom. The number of nitro groups is 1. The van der Waals surface area contributed by atoms with Crippen LogP contribution in [0.2, 0.25) is 0 Å². The number of thioether (sulfide) groups is 1. The molecule has 0 spiro atoms. The fourth-order valence-electron chi connectivity index (χ4n) is 4.24. The average Bonchev–Trinajstić information content (AvgIpc) is 3.29. The molecule has 0 saturated carbocycles. The van der Waals surface area contributed by atoms with Crippen molar-refractivity contribution in [2.75, 3.05) is 12.0 Å². The second-order valence-corrected chi connectivity index (χ2v) is 9.63. The van der Waals surface area contributed by atoms with Gasteiger partial charge in [0.2, 0.25) is 11.8 Å². The number of carbonyl (C=O) groups is 2. The Morgan fingerprint density at radius 2 is 1.85 bits per heavy atom. The minimum absolute atomic E-state index is 0.0770. The second-order valence-electron chi connectivity index (χ2n) is 7.47. The van der Waals surface area contributed by atoms with Crippen molar-refractivity contribution in [3.05, 3.63) is 72.7 Å². The van der Waals surface area contributed by atoms with Crippen LogP contribution < -0.4 is 14.5 Å². The number of benzene rings is 2. The van der Waals surface area contributed by atoms with Gasteiger partial charge in [-0.05, 0) is 29.8 Å². The molecule has 2 aliphatic rings. The Kier molecular flexibility index (Phi) is 4.98. The molecule has 3 atom stereocenters. The van der Waals surface area contributed by atoms with E-state index in [0.29, 0.717) is 15.5 Å². The number of phenolic OH excluding ortho intramolecular Hbond substituents is 1. The minimum Gasteiger partial charge on any atom is -0.504 e. The number of aromatic nitrogens is 1. The van der Waals surface area contributed by atoms with Crippen LogP contribution >= 0.6 is 23.1 Å². The standard InChI is InChI=1S/C21H15N3O7S2/c1-31-13-8-9(2-7-12(13)25)14-15-17(32-18-16(14)33-21(28)22-18)20(27)23(19(15)26)10-3-5-11(6-4-10)24(29)30/h2-8,14-15,17,25H,1H3,(H,22,28)/t14-,15?,17?/m1/s1. The molecule has 1 aromatic heterocycles. The molecule has 2 aromatic carbocycles. The van der Waals surface area contributed by atoms with Gasteiger partial charge in [0.25, 0.3) is 5.69 Å². The molecule has 12 heteroatoms. The first-order valence-corrected chi connectivity index (χ1v) is 11.4. The Bertz CT molecular complexity index is 1360. The first-order chi connectivity index (χ1) is 15.8. The van der Waals surface area contributed by atoms with Gasteiger partial charge in [0.1, 0.15) is 5.25 Å². The summed E-state index contributed by atoms with van der Waals surface area (Å²) in [6, 6.07) is 9.88. The highest BCUT2D eigenvalue weighted by atomic mass is 32.2. The number of nitrogens with zero attached hydrogens (tertiary/aromatic N) is 2. The van der Waals surface area contributed by atoms with Crippen molar-refractivity contribution in [1.29, 1.82) is 0 Å². The van der Waals surface area contributed by atoms with Gasteiger partial charge in [0.15, 0.2) is 11.5 Å². The summed E-state index contributed by atoms with van der Waals surface area (Å²) in [5.74, 6) is -2.23. The monoisotopic (exact) mass is 485 g/mol. The Balaban J connectivity index is 1.62. The van der Waals surface area contributed by atoms with E-state index in [1.165, 1.54) is 37.4 Å². The molecule has 2 aliphatic heterocycles. The van der Waals surface area contributed by atoms with Crippen LogP contribution in [0.25, 0.3) is 0 Å². The highest BCUT2D eigenvalue weighted by Gasteiger charge is 2.56. The molecule has 1 fully saturated rings. The SMILES string of the molecule is COc1cc([C@H]2c3sc(=O)[nH]c3SC3C(=O)N(c4ccc([N+](=O)[O-])cc4)C(=O)C32)ccc1O. The first-order valence-electron chi connectivity index (χ1n) is 9.69. The highest BCUT2D eigenvalue weighted by molar-refractivity contribution is 8.00. The number of rotatable bonds is 4. The quantitative estimate of drug-likeness (QED) is 0.326. The van der Waals surface area contributed by atoms with Crippen molar-refractivity contribution >= 4 is 46.3 Å². The number of fused-ring (bicyclic) bond motifs is 2. The van der Waals surface area contributed by atoms with E-state index in [-0.39, 0.29) is 27.7 Å². The predicted octanol–water partition coefficient (Wildman–Crippen LogP) is 2.85. The number of aromatic hydroxyl groups is 1. The fourth-order valence-corrected chi connectivity index (χ4v) is 6.76. The van der Waals surface area contributed by atoms with Crippen molar-refractivity contribution < 1.29 is 24.4 Å². The van der Waals surface area contributed by atoms with Gasteiger partial charge in [-0.3, -0.25) is 24.5 Å². The van der Waals surface area contributed by atoms with Crippen molar-refractivity contribution in [3.8, 4) is 11.5 Å². The summed E-state index contributed by atoms with van der Waals surface area (Å²) in [7, 11) is 1.40. The van der Waals surface area contributed by atoms with E-state index in [2.05, 4.69) is 4.98 Å². The summed E-state index contributed by atoms with van der Waals surface area (Å²) in [5, 5.41) is 20.7. The molecule has 3 heterocycles. The number of aromatic amines is 1. The van der Waals surface area contributed by atoms with Crippen molar-refractivity contribution in [1.82, 2.24) is 4.98 Å². The lowest BCUT2D eigenvalue weighted by atomic mass is 9.83. The Morgan fingerprint density at radius 1 is 1.12 bits per heavy atom. The molecule has 33 heavy (non-hydrogen) atoms. The van der Waals surface area contributed by atoms with E-state index in [0.717, 1.165) is 28.0 Å². The van der Waals surface area contributed by atoms with Gasteiger partial charge in [-0.15, -0.1) is 0 Å². The molecule has 1 saturated heterocycles. The maximum atomic E-state index is 13.6. The molecule has 168 valence electrons. The number of hydrogen-bond acceptors (Lipinski definition) is 9. The number of phenols is 1. The number of hydrogen-bond donors (Lipinski definition) is 2. The summed E-state index contributed by atoms with van der Waals surface area (Å²) < 4.78 is 5.21. The molecule has 0 radical (unpaired) electrons. The number of amides is 2. The second kappa shape index (κ2) is 7.74. The van der Waals surface area contributed by atoms with Crippen molar-refractivity contribution in [3.63, 3.8) is 0 Å². The summed E-state index contributed by atoms with van der Waals surface area (Å²) in [6.07, 6.45) is 0. The Labute approximate surface area is 194 Å². The summed E-state index contributed by atoms with van der Waals surface area (Å²) in [4.78, 5) is 53.6. The normalized spacial score (nSPS) is 21.6. The lowest BCUT2D eigenvalue weighted by Gasteiger charge is -2.30. The molecule has 10 nitrogen and oxygen atoms in total. The highest BCUT2D eigenvalue weighted by Crippen LogP contribution is 2.53. The lowest BCUT2D eigenvalue weighted by Crippen LogP contribution is -2.32. The van der Waals surface area contributed by atoms with Crippen LogP contribution in [0.15, 0.2) is 52.3 Å². The number of methoxy groups -OCH3 is 1. The molecule has 2 amide bonds. The summed E-state index contributed by atoms with van der Waals surface area (Å²) >= 11 is 2.11. The first kappa shape index (κ1) is 21.2. The van der Waals surface area contributed by atoms with Gasteiger partial charge < -0.3 is 14.8 Å². The molecule has 2 N–H and O–H groups in total. The van der Waals surface area contributed by atoms with E-state index in [1.807, 2.05) is 0 Å².